The van der Waals surface area contributed by atoms with Crippen molar-refractivity contribution in [3.05, 3.63) is 47.3 Å². The molecule has 0 fully saturated rings. The predicted molar refractivity (Wildman–Crippen MR) is 63.7 cm³/mol. The Labute approximate surface area is 112 Å². The van der Waals surface area contributed by atoms with E-state index in [1.807, 2.05) is 0 Å². The SMILES string of the molecule is NCc1cn(CC(=O)c2ccccc2C(F)(F)F)nn1. The second-order valence-corrected chi connectivity index (χ2v) is 4.08. The van der Waals surface area contributed by atoms with Crippen LogP contribution < -0.4 is 5.73 Å². The molecule has 2 N–H and O–H groups in total. The van der Waals surface area contributed by atoms with Crippen LogP contribution in [0.3, 0.4) is 0 Å². The third kappa shape index (κ3) is 3.02. The summed E-state index contributed by atoms with van der Waals surface area (Å²) in [6.45, 7) is -0.173. The molecule has 0 aliphatic heterocycles. The molecule has 8 heteroatoms. The summed E-state index contributed by atoms with van der Waals surface area (Å²) in [5.41, 5.74) is 4.46. The Kier molecular flexibility index (Phi) is 3.84. The summed E-state index contributed by atoms with van der Waals surface area (Å²) >= 11 is 0. The number of alkyl halides is 3. The van der Waals surface area contributed by atoms with Gasteiger partial charge in [-0.15, -0.1) is 5.10 Å². The zero-order chi connectivity index (χ0) is 14.8. The summed E-state index contributed by atoms with van der Waals surface area (Å²) in [6, 6.07) is 4.64. The van der Waals surface area contributed by atoms with Gasteiger partial charge in [0.15, 0.2) is 5.78 Å². The minimum absolute atomic E-state index is 0.146. The molecular formula is C12H11F3N4O. The van der Waals surface area contributed by atoms with Gasteiger partial charge in [0.05, 0.1) is 17.5 Å². The van der Waals surface area contributed by atoms with E-state index < -0.39 is 17.5 Å². The quantitative estimate of drug-likeness (QED) is 0.866. The van der Waals surface area contributed by atoms with E-state index in [0.29, 0.717) is 5.69 Å². The Morgan fingerprint density at radius 3 is 2.60 bits per heavy atom. The van der Waals surface area contributed by atoms with E-state index in [1.165, 1.54) is 18.3 Å². The van der Waals surface area contributed by atoms with E-state index in [4.69, 9.17) is 5.73 Å². The number of halogens is 3. The van der Waals surface area contributed by atoms with Gasteiger partial charge in [-0.3, -0.25) is 4.79 Å². The molecule has 5 nitrogen and oxygen atoms in total. The van der Waals surface area contributed by atoms with E-state index >= 15 is 0 Å². The number of benzene rings is 1. The summed E-state index contributed by atoms with van der Waals surface area (Å²) in [5, 5.41) is 7.30. The van der Waals surface area contributed by atoms with E-state index in [1.54, 1.807) is 0 Å². The van der Waals surface area contributed by atoms with Crippen LogP contribution in [-0.4, -0.2) is 20.8 Å². The number of nitrogens with zero attached hydrogens (tertiary/aromatic N) is 3. The molecule has 106 valence electrons. The maximum Gasteiger partial charge on any atom is 0.417 e. The number of carbonyl (C=O) groups excluding carboxylic acids is 1. The van der Waals surface area contributed by atoms with Crippen molar-refractivity contribution in [1.82, 2.24) is 15.0 Å². The topological polar surface area (TPSA) is 73.8 Å². The first-order valence-corrected chi connectivity index (χ1v) is 5.70. The molecule has 1 aromatic carbocycles. The van der Waals surface area contributed by atoms with Gasteiger partial charge in [-0.25, -0.2) is 4.68 Å². The summed E-state index contributed by atoms with van der Waals surface area (Å²) in [5.74, 6) is -0.689. The third-order valence-electron chi connectivity index (χ3n) is 2.63. The smallest absolute Gasteiger partial charge is 0.325 e. The van der Waals surface area contributed by atoms with Crippen LogP contribution in [0.25, 0.3) is 0 Å². The molecule has 0 aliphatic rings. The van der Waals surface area contributed by atoms with Gasteiger partial charge in [-0.2, -0.15) is 13.2 Å². The van der Waals surface area contributed by atoms with Crippen LogP contribution in [0.1, 0.15) is 21.6 Å². The van der Waals surface area contributed by atoms with E-state index in [9.17, 15) is 18.0 Å². The Morgan fingerprint density at radius 2 is 2.00 bits per heavy atom. The van der Waals surface area contributed by atoms with Crippen LogP contribution in [0.4, 0.5) is 13.2 Å². The van der Waals surface area contributed by atoms with Crippen molar-refractivity contribution in [2.45, 2.75) is 19.3 Å². The number of Topliss-reactive ketones (excluding diaryl/α,β-unsaturated/α-hetero) is 1. The number of hydrogen-bond acceptors (Lipinski definition) is 4. The highest BCUT2D eigenvalue weighted by Crippen LogP contribution is 2.32. The number of aromatic nitrogens is 3. The van der Waals surface area contributed by atoms with Gasteiger partial charge in [0.25, 0.3) is 0 Å². The van der Waals surface area contributed by atoms with Gasteiger partial charge in [-0.05, 0) is 6.07 Å². The largest absolute Gasteiger partial charge is 0.417 e. The monoisotopic (exact) mass is 284 g/mol. The first-order chi connectivity index (χ1) is 9.41. The number of nitrogens with two attached hydrogens (primary N) is 1. The number of ketones is 1. The summed E-state index contributed by atoms with van der Waals surface area (Å²) in [4.78, 5) is 12.0. The lowest BCUT2D eigenvalue weighted by atomic mass is 10.0. The molecule has 0 saturated heterocycles. The third-order valence-corrected chi connectivity index (χ3v) is 2.63. The zero-order valence-electron chi connectivity index (χ0n) is 10.3. The molecule has 0 aliphatic carbocycles. The molecule has 20 heavy (non-hydrogen) atoms. The second-order valence-electron chi connectivity index (χ2n) is 4.08. The fraction of sp³-hybridized carbons (Fsp3) is 0.250. The fourth-order valence-electron chi connectivity index (χ4n) is 1.72. The number of rotatable bonds is 4. The highest BCUT2D eigenvalue weighted by Gasteiger charge is 2.34. The average Bonchev–Trinajstić information content (AvgIpc) is 2.85. The minimum atomic E-state index is -4.57. The lowest BCUT2D eigenvalue weighted by Crippen LogP contribution is -2.17. The van der Waals surface area contributed by atoms with Crippen LogP contribution in [0, 0.1) is 0 Å². The van der Waals surface area contributed by atoms with Crippen LogP contribution in [0.5, 0.6) is 0 Å². The Balaban J connectivity index is 2.25. The summed E-state index contributed by atoms with van der Waals surface area (Å²) in [7, 11) is 0. The van der Waals surface area contributed by atoms with Crippen molar-refractivity contribution in [3.8, 4) is 0 Å². The predicted octanol–water partition coefficient (Wildman–Crippen LogP) is 1.64. The summed E-state index contributed by atoms with van der Waals surface area (Å²) in [6.07, 6.45) is -3.15. The molecule has 0 spiro atoms. The van der Waals surface area contributed by atoms with Crippen molar-refractivity contribution < 1.29 is 18.0 Å². The van der Waals surface area contributed by atoms with Crippen molar-refractivity contribution in [3.63, 3.8) is 0 Å². The van der Waals surface area contributed by atoms with Gasteiger partial charge in [0.1, 0.15) is 6.54 Å². The van der Waals surface area contributed by atoms with Crippen molar-refractivity contribution >= 4 is 5.78 Å². The van der Waals surface area contributed by atoms with Gasteiger partial charge in [-0.1, -0.05) is 23.4 Å². The number of carbonyl (C=O) groups is 1. The van der Waals surface area contributed by atoms with Crippen molar-refractivity contribution in [1.29, 1.82) is 0 Å². The molecule has 2 aromatic rings. The molecule has 1 heterocycles. The normalized spacial score (nSPS) is 11.6. The molecule has 0 bridgehead atoms. The molecular weight excluding hydrogens is 273 g/mol. The maximum absolute atomic E-state index is 12.8. The molecule has 0 amide bonds. The Bertz CT molecular complexity index is 621. The molecule has 0 radical (unpaired) electrons. The van der Waals surface area contributed by atoms with Crippen LogP contribution >= 0.6 is 0 Å². The minimum Gasteiger partial charge on any atom is -0.325 e. The summed E-state index contributed by atoms with van der Waals surface area (Å²) < 4.78 is 39.6. The Morgan fingerprint density at radius 1 is 1.30 bits per heavy atom. The van der Waals surface area contributed by atoms with Crippen LogP contribution in [0.2, 0.25) is 0 Å². The number of hydrogen-bond donors (Lipinski definition) is 1. The van der Waals surface area contributed by atoms with Crippen LogP contribution in [0.15, 0.2) is 30.5 Å². The highest BCUT2D eigenvalue weighted by atomic mass is 19.4. The highest BCUT2D eigenvalue weighted by molar-refractivity contribution is 5.97. The van der Waals surface area contributed by atoms with Gasteiger partial charge >= 0.3 is 6.18 Å². The maximum atomic E-state index is 12.8. The zero-order valence-corrected chi connectivity index (χ0v) is 10.3. The van der Waals surface area contributed by atoms with Crippen molar-refractivity contribution in [2.24, 2.45) is 5.73 Å². The molecule has 0 atom stereocenters. The first-order valence-electron chi connectivity index (χ1n) is 5.70. The standard InChI is InChI=1S/C12H11F3N4O/c13-12(14,15)10-4-2-1-3-9(10)11(20)7-19-6-8(5-16)17-18-19/h1-4,6H,5,7,16H2. The van der Waals surface area contributed by atoms with E-state index in [0.717, 1.165) is 16.8 Å². The first kappa shape index (κ1) is 14.2. The fourth-order valence-corrected chi connectivity index (χ4v) is 1.72. The van der Waals surface area contributed by atoms with E-state index in [-0.39, 0.29) is 18.7 Å². The lowest BCUT2D eigenvalue weighted by molar-refractivity contribution is -0.137. The molecule has 0 unspecified atom stereocenters. The van der Waals surface area contributed by atoms with Crippen molar-refractivity contribution in [2.75, 3.05) is 0 Å². The average molecular weight is 284 g/mol. The Hall–Kier alpha value is -2.22. The molecule has 0 saturated carbocycles. The van der Waals surface area contributed by atoms with E-state index in [2.05, 4.69) is 10.3 Å². The molecule has 2 rings (SSSR count). The van der Waals surface area contributed by atoms with Gasteiger partial charge in [0, 0.05) is 12.1 Å². The molecule has 1 aromatic heterocycles. The second kappa shape index (κ2) is 5.41. The van der Waals surface area contributed by atoms with Crippen LogP contribution in [-0.2, 0) is 19.3 Å². The van der Waals surface area contributed by atoms with Gasteiger partial charge in [0.2, 0.25) is 0 Å². The lowest BCUT2D eigenvalue weighted by Gasteiger charge is -2.11. The van der Waals surface area contributed by atoms with Gasteiger partial charge < -0.3 is 5.73 Å².